The van der Waals surface area contributed by atoms with E-state index in [1.807, 2.05) is 24.8 Å². The second kappa shape index (κ2) is 11.1. The van der Waals surface area contributed by atoms with Crippen LogP contribution in [0.2, 0.25) is 0 Å². The lowest BCUT2D eigenvalue weighted by Gasteiger charge is -2.47. The maximum atomic E-state index is 13.9. The molecular weight excluding hydrogens is 516 g/mol. The number of hydrogen-bond donors (Lipinski definition) is 0. The van der Waals surface area contributed by atoms with Gasteiger partial charge < -0.3 is 19.4 Å². The fraction of sp³-hybridized carbons (Fsp3) is 0.469. The largest absolute Gasteiger partial charge is 0.465 e. The molecule has 2 aliphatic heterocycles. The Hall–Kier alpha value is -4.01. The fourth-order valence-corrected chi connectivity index (χ4v) is 6.06. The van der Waals surface area contributed by atoms with Crippen molar-refractivity contribution < 1.29 is 14.3 Å². The van der Waals surface area contributed by atoms with Crippen molar-refractivity contribution in [1.29, 1.82) is 0 Å². The molecule has 1 saturated heterocycles. The van der Waals surface area contributed by atoms with E-state index in [4.69, 9.17) is 19.7 Å². The van der Waals surface area contributed by atoms with Crippen LogP contribution in [-0.4, -0.2) is 70.6 Å². The summed E-state index contributed by atoms with van der Waals surface area (Å²) in [5.41, 5.74) is 5.42. The minimum Gasteiger partial charge on any atom is -0.465 e. The standard InChI is InChI=1S/C32H40N6O3/c1-20(2)28-29(36-13-12-23-10-8-9-11-24(23)18-36)33-17-25(35-28)30(39)38-15-14-37(19-32(38,5)6)26-16-21(3)27(22(4)34-26)31(40)41-7/h8-11,16-17,20H,12-15,18-19H2,1-7H3. The average Bonchev–Trinajstić information content (AvgIpc) is 2.95. The first-order chi connectivity index (χ1) is 19.5. The van der Waals surface area contributed by atoms with Crippen LogP contribution in [0.1, 0.15) is 82.5 Å². The number of aryl methyl sites for hydroxylation is 2. The highest BCUT2D eigenvalue weighted by Gasteiger charge is 2.39. The number of hydrogen-bond acceptors (Lipinski definition) is 8. The van der Waals surface area contributed by atoms with E-state index in [1.165, 1.54) is 18.2 Å². The Morgan fingerprint density at radius 2 is 1.73 bits per heavy atom. The molecule has 0 saturated carbocycles. The minimum absolute atomic E-state index is 0.110. The third-order valence-electron chi connectivity index (χ3n) is 8.22. The number of fused-ring (bicyclic) bond motifs is 1. The van der Waals surface area contributed by atoms with Gasteiger partial charge in [-0.2, -0.15) is 0 Å². The van der Waals surface area contributed by atoms with Crippen molar-refractivity contribution in [2.24, 2.45) is 0 Å². The first-order valence-corrected chi connectivity index (χ1v) is 14.3. The van der Waals surface area contributed by atoms with Crippen LogP contribution < -0.4 is 9.80 Å². The van der Waals surface area contributed by atoms with Gasteiger partial charge in [0.25, 0.3) is 5.91 Å². The van der Waals surface area contributed by atoms with Gasteiger partial charge in [-0.15, -0.1) is 0 Å². The van der Waals surface area contributed by atoms with E-state index in [1.54, 1.807) is 6.20 Å². The van der Waals surface area contributed by atoms with Gasteiger partial charge in [-0.1, -0.05) is 38.1 Å². The zero-order valence-electron chi connectivity index (χ0n) is 25.2. The molecule has 0 atom stereocenters. The molecule has 4 heterocycles. The molecule has 1 aromatic carbocycles. The molecule has 2 aliphatic rings. The summed E-state index contributed by atoms with van der Waals surface area (Å²) in [5.74, 6) is 1.29. The van der Waals surface area contributed by atoms with Gasteiger partial charge in [0.1, 0.15) is 11.5 Å². The topological polar surface area (TPSA) is 91.8 Å². The lowest BCUT2D eigenvalue weighted by Crippen LogP contribution is -2.61. The molecule has 9 nitrogen and oxygen atoms in total. The van der Waals surface area contributed by atoms with Crippen LogP contribution in [0, 0.1) is 13.8 Å². The van der Waals surface area contributed by atoms with Crippen LogP contribution >= 0.6 is 0 Å². The van der Waals surface area contributed by atoms with Crippen molar-refractivity contribution in [1.82, 2.24) is 19.9 Å². The Bertz CT molecular complexity index is 1460. The van der Waals surface area contributed by atoms with Crippen molar-refractivity contribution in [3.63, 3.8) is 0 Å². The zero-order valence-corrected chi connectivity index (χ0v) is 25.2. The van der Waals surface area contributed by atoms with Crippen molar-refractivity contribution >= 4 is 23.5 Å². The number of rotatable bonds is 5. The summed E-state index contributed by atoms with van der Waals surface area (Å²) >= 11 is 0. The van der Waals surface area contributed by atoms with E-state index >= 15 is 0 Å². The van der Waals surface area contributed by atoms with Crippen LogP contribution in [-0.2, 0) is 17.7 Å². The number of piperazine rings is 1. The molecular formula is C32H40N6O3. The van der Waals surface area contributed by atoms with Gasteiger partial charge in [-0.3, -0.25) is 4.79 Å². The predicted molar refractivity (Wildman–Crippen MR) is 160 cm³/mol. The molecule has 9 heteroatoms. The number of esters is 1. The normalized spacial score (nSPS) is 16.5. The lowest BCUT2D eigenvalue weighted by molar-refractivity contribution is 0.0505. The highest BCUT2D eigenvalue weighted by molar-refractivity contribution is 5.93. The lowest BCUT2D eigenvalue weighted by atomic mass is 9.97. The molecule has 2 aromatic heterocycles. The number of nitrogens with zero attached hydrogens (tertiary/aromatic N) is 6. The summed E-state index contributed by atoms with van der Waals surface area (Å²) in [6.07, 6.45) is 2.61. The first-order valence-electron chi connectivity index (χ1n) is 14.3. The van der Waals surface area contributed by atoms with E-state index in [0.717, 1.165) is 42.4 Å². The molecule has 0 bridgehead atoms. The smallest absolute Gasteiger partial charge is 0.339 e. The quantitative estimate of drug-likeness (QED) is 0.418. The molecule has 1 fully saturated rings. The highest BCUT2D eigenvalue weighted by atomic mass is 16.5. The second-order valence-corrected chi connectivity index (χ2v) is 12.0. The summed E-state index contributed by atoms with van der Waals surface area (Å²) in [6, 6.07) is 10.5. The molecule has 5 rings (SSSR count). The predicted octanol–water partition coefficient (Wildman–Crippen LogP) is 4.70. The van der Waals surface area contributed by atoms with E-state index in [9.17, 15) is 9.59 Å². The van der Waals surface area contributed by atoms with Gasteiger partial charge in [0.15, 0.2) is 5.82 Å². The molecule has 0 N–H and O–H groups in total. The Kier molecular flexibility index (Phi) is 7.72. The molecule has 1 amide bonds. The van der Waals surface area contributed by atoms with Gasteiger partial charge in [0, 0.05) is 32.7 Å². The number of ether oxygens (including phenoxy) is 1. The number of aromatic nitrogens is 3. The summed E-state index contributed by atoms with van der Waals surface area (Å²) in [5, 5.41) is 0. The molecule has 41 heavy (non-hydrogen) atoms. The number of methoxy groups -OCH3 is 1. The number of benzene rings is 1. The number of pyridine rings is 1. The van der Waals surface area contributed by atoms with Crippen LogP contribution in [0.25, 0.3) is 0 Å². The first kappa shape index (κ1) is 28.5. The number of amides is 1. The Morgan fingerprint density at radius 3 is 2.39 bits per heavy atom. The van der Waals surface area contributed by atoms with E-state index in [-0.39, 0.29) is 17.8 Å². The molecule has 0 radical (unpaired) electrons. The third kappa shape index (κ3) is 5.49. The summed E-state index contributed by atoms with van der Waals surface area (Å²) in [4.78, 5) is 46.9. The van der Waals surface area contributed by atoms with Crippen molar-refractivity contribution in [3.8, 4) is 0 Å². The van der Waals surface area contributed by atoms with Crippen LogP contribution in [0.15, 0.2) is 36.5 Å². The summed E-state index contributed by atoms with van der Waals surface area (Å²) in [6.45, 7) is 15.5. The average molecular weight is 557 g/mol. The molecule has 0 unspecified atom stereocenters. The number of carbonyl (C=O) groups excluding carboxylic acids is 2. The number of anilines is 2. The van der Waals surface area contributed by atoms with Gasteiger partial charge >= 0.3 is 5.97 Å². The monoisotopic (exact) mass is 556 g/mol. The fourth-order valence-electron chi connectivity index (χ4n) is 6.06. The van der Waals surface area contributed by atoms with Crippen LogP contribution in [0.4, 0.5) is 11.6 Å². The molecule has 3 aromatic rings. The van der Waals surface area contributed by atoms with Crippen molar-refractivity contribution in [2.45, 2.75) is 66.0 Å². The summed E-state index contributed by atoms with van der Waals surface area (Å²) < 4.78 is 4.93. The van der Waals surface area contributed by atoms with Crippen LogP contribution in [0.3, 0.4) is 0 Å². The van der Waals surface area contributed by atoms with Crippen molar-refractivity contribution in [3.05, 3.63) is 75.9 Å². The summed E-state index contributed by atoms with van der Waals surface area (Å²) in [7, 11) is 1.38. The third-order valence-corrected chi connectivity index (χ3v) is 8.22. The second-order valence-electron chi connectivity index (χ2n) is 12.0. The highest BCUT2D eigenvalue weighted by Crippen LogP contribution is 2.31. The van der Waals surface area contributed by atoms with E-state index in [2.05, 4.69) is 61.8 Å². The van der Waals surface area contributed by atoms with E-state index < -0.39 is 5.54 Å². The maximum Gasteiger partial charge on any atom is 0.339 e. The van der Waals surface area contributed by atoms with Crippen LogP contribution in [0.5, 0.6) is 0 Å². The van der Waals surface area contributed by atoms with Crippen molar-refractivity contribution in [2.75, 3.05) is 43.1 Å². The Morgan fingerprint density at radius 1 is 1.00 bits per heavy atom. The minimum atomic E-state index is -0.477. The zero-order chi connectivity index (χ0) is 29.5. The Labute approximate surface area is 242 Å². The van der Waals surface area contributed by atoms with Gasteiger partial charge in [-0.05, 0) is 62.8 Å². The van der Waals surface area contributed by atoms with Gasteiger partial charge in [0.05, 0.1) is 35.8 Å². The SMILES string of the molecule is COC(=O)c1c(C)cc(N2CCN(C(=O)c3cnc(N4CCc5ccccc5C4)c(C(C)C)n3)C(C)(C)C2)nc1C. The molecule has 0 aliphatic carbocycles. The Balaban J connectivity index is 1.36. The molecule has 216 valence electrons. The van der Waals surface area contributed by atoms with Gasteiger partial charge in [0.2, 0.25) is 0 Å². The maximum absolute atomic E-state index is 13.9. The van der Waals surface area contributed by atoms with E-state index in [0.29, 0.717) is 36.6 Å². The molecule has 0 spiro atoms. The number of carbonyl (C=O) groups is 2. The van der Waals surface area contributed by atoms with Gasteiger partial charge in [-0.25, -0.2) is 19.7 Å².